The summed E-state index contributed by atoms with van der Waals surface area (Å²) in [6, 6.07) is 7.75. The summed E-state index contributed by atoms with van der Waals surface area (Å²) in [5.74, 6) is 5.19. The first kappa shape index (κ1) is 30.7. The summed E-state index contributed by atoms with van der Waals surface area (Å²) >= 11 is 0. The van der Waals surface area contributed by atoms with Gasteiger partial charge in [-0.05, 0) is 93.2 Å². The van der Waals surface area contributed by atoms with E-state index in [1.807, 2.05) is 18.2 Å². The normalized spacial score (nSPS) is 48.8. The smallest absolute Gasteiger partial charge is 0.331 e. The Labute approximate surface area is 269 Å². The molecule has 0 aromatic heterocycles. The van der Waals surface area contributed by atoms with Crippen molar-refractivity contribution >= 4 is 12.3 Å². The topological polar surface area (TPSA) is 157 Å². The van der Waals surface area contributed by atoms with Crippen molar-refractivity contribution in [1.29, 1.82) is 0 Å². The van der Waals surface area contributed by atoms with E-state index in [0.29, 0.717) is 51.4 Å². The molecule has 246 valence electrons. The van der Waals surface area contributed by atoms with Gasteiger partial charge in [0.15, 0.2) is 0 Å². The predicted octanol–water partition coefficient (Wildman–Crippen LogP) is 1.90. The molecular formula is C37H45NO8. The number of fused-ring (bicyclic) bond motifs is 8. The Morgan fingerprint density at radius 1 is 1.04 bits per heavy atom. The van der Waals surface area contributed by atoms with Gasteiger partial charge in [0.05, 0.1) is 29.5 Å². The van der Waals surface area contributed by atoms with Gasteiger partial charge in [-0.2, -0.15) is 0 Å². The lowest BCUT2D eigenvalue weighted by molar-refractivity contribution is -0.319. The van der Waals surface area contributed by atoms with Crippen LogP contribution in [0, 0.1) is 46.3 Å². The summed E-state index contributed by atoms with van der Waals surface area (Å²) in [7, 11) is 0. The number of hydrogen-bond acceptors (Lipinski definition) is 9. The second-order valence-electron chi connectivity index (χ2n) is 15.6. The van der Waals surface area contributed by atoms with Gasteiger partial charge in [0.1, 0.15) is 18.0 Å². The van der Waals surface area contributed by atoms with Gasteiger partial charge in [0.25, 0.3) is 0 Å². The highest BCUT2D eigenvalue weighted by atomic mass is 16.5. The average molecular weight is 632 g/mol. The fourth-order valence-electron chi connectivity index (χ4n) is 12.4. The number of nitrogens with one attached hydrogen (secondary N) is 1. The van der Waals surface area contributed by atoms with Crippen molar-refractivity contribution in [3.63, 3.8) is 0 Å². The van der Waals surface area contributed by atoms with E-state index in [2.05, 4.69) is 23.2 Å². The number of aliphatic hydroxyl groups excluding tert-OH is 2. The van der Waals surface area contributed by atoms with Gasteiger partial charge in [0.2, 0.25) is 0 Å². The molecule has 1 aromatic rings. The SMILES string of the molecule is O=C[C@]12CC[C@H](O)C[C@@]1(O)CC[C@]1(O)[C@@H]2CC[C@@]23CCC#Cc4ccccc4C[C@@H](NCO)[C@@H]4C[C@@H](C[C@@]21O)[C@@H]3C1=CC(=O)O[C@H]14. The zero-order valence-electron chi connectivity index (χ0n) is 26.2. The highest BCUT2D eigenvalue weighted by Crippen LogP contribution is 2.75. The van der Waals surface area contributed by atoms with Crippen molar-refractivity contribution in [2.45, 2.75) is 112 Å². The molecule has 1 aromatic carbocycles. The zero-order valence-corrected chi connectivity index (χ0v) is 26.2. The first-order valence-corrected chi connectivity index (χ1v) is 17.2. The van der Waals surface area contributed by atoms with Crippen LogP contribution >= 0.6 is 0 Å². The Morgan fingerprint density at radius 2 is 1.87 bits per heavy atom. The van der Waals surface area contributed by atoms with Gasteiger partial charge in [-0.15, -0.1) is 0 Å². The molecule has 6 aliphatic carbocycles. The highest BCUT2D eigenvalue weighted by molar-refractivity contribution is 5.86. The Kier molecular flexibility index (Phi) is 6.99. The molecule has 1 spiro atoms. The van der Waals surface area contributed by atoms with Crippen molar-refractivity contribution in [1.82, 2.24) is 5.32 Å². The average Bonchev–Trinajstić information content (AvgIpc) is 3.54. The Hall–Kier alpha value is -2.58. The largest absolute Gasteiger partial charge is 0.454 e. The van der Waals surface area contributed by atoms with Crippen LogP contribution in [-0.2, 0) is 20.7 Å². The van der Waals surface area contributed by atoms with E-state index >= 15 is 0 Å². The molecule has 0 radical (unpaired) electrons. The van der Waals surface area contributed by atoms with E-state index in [9.17, 15) is 35.1 Å². The quantitative estimate of drug-likeness (QED) is 0.127. The summed E-state index contributed by atoms with van der Waals surface area (Å²) in [4.78, 5) is 26.2. The molecule has 7 aliphatic rings. The van der Waals surface area contributed by atoms with Gasteiger partial charge in [-0.1, -0.05) is 30.0 Å². The van der Waals surface area contributed by atoms with Crippen LogP contribution in [0.15, 0.2) is 35.9 Å². The summed E-state index contributed by atoms with van der Waals surface area (Å²) in [5.41, 5.74) is -4.00. The van der Waals surface area contributed by atoms with Crippen molar-refractivity contribution in [2.24, 2.45) is 34.5 Å². The number of carbonyl (C=O) groups excluding carboxylic acids is 2. The molecule has 0 unspecified atom stereocenters. The number of esters is 1. The number of hydrogen-bond donors (Lipinski definition) is 6. The number of aldehydes is 1. The predicted molar refractivity (Wildman–Crippen MR) is 166 cm³/mol. The van der Waals surface area contributed by atoms with Crippen LogP contribution in [0.25, 0.3) is 0 Å². The third kappa shape index (κ3) is 3.86. The molecule has 1 heterocycles. The van der Waals surface area contributed by atoms with Crippen molar-refractivity contribution < 1.29 is 39.9 Å². The highest BCUT2D eigenvalue weighted by Gasteiger charge is 2.80. The first-order valence-electron chi connectivity index (χ1n) is 17.2. The Balaban J connectivity index is 1.29. The van der Waals surface area contributed by atoms with E-state index in [4.69, 9.17) is 4.74 Å². The maximum atomic E-state index is 13.4. The molecule has 5 fully saturated rings. The second-order valence-corrected chi connectivity index (χ2v) is 15.6. The van der Waals surface area contributed by atoms with Gasteiger partial charge in [-0.25, -0.2) is 4.79 Å². The van der Waals surface area contributed by atoms with Gasteiger partial charge < -0.3 is 35.1 Å². The minimum Gasteiger partial charge on any atom is -0.454 e. The summed E-state index contributed by atoms with van der Waals surface area (Å²) < 4.78 is 6.06. The molecular weight excluding hydrogens is 586 g/mol. The maximum Gasteiger partial charge on any atom is 0.331 e. The summed E-state index contributed by atoms with van der Waals surface area (Å²) in [6.07, 6.45) is 5.54. The van der Waals surface area contributed by atoms with Crippen molar-refractivity contribution in [3.05, 3.63) is 47.0 Å². The van der Waals surface area contributed by atoms with Crippen molar-refractivity contribution in [3.8, 4) is 11.8 Å². The van der Waals surface area contributed by atoms with Crippen LogP contribution in [0.3, 0.4) is 0 Å². The third-order valence-electron chi connectivity index (χ3n) is 14.1. The van der Waals surface area contributed by atoms with Gasteiger partial charge in [-0.3, -0.25) is 5.32 Å². The number of aliphatic hydroxyl groups is 5. The number of carbonyl (C=O) groups is 2. The lowest BCUT2D eigenvalue weighted by Gasteiger charge is -2.69. The van der Waals surface area contributed by atoms with Crippen LogP contribution in [0.2, 0.25) is 0 Å². The van der Waals surface area contributed by atoms with Crippen molar-refractivity contribution in [2.75, 3.05) is 6.73 Å². The second kappa shape index (κ2) is 10.5. The van der Waals surface area contributed by atoms with Crippen LogP contribution in [-0.4, -0.2) is 79.6 Å². The fourth-order valence-corrected chi connectivity index (χ4v) is 12.4. The van der Waals surface area contributed by atoms with E-state index in [1.54, 1.807) is 6.08 Å². The number of rotatable bonds is 3. The van der Waals surface area contributed by atoms with E-state index < -0.39 is 51.7 Å². The zero-order chi connectivity index (χ0) is 32.1. The monoisotopic (exact) mass is 631 g/mol. The molecule has 5 saturated carbocycles. The van der Waals surface area contributed by atoms with Crippen LogP contribution in [0.1, 0.15) is 81.8 Å². The minimum atomic E-state index is -1.66. The summed E-state index contributed by atoms with van der Waals surface area (Å²) in [6.45, 7) is -0.247. The van der Waals surface area contributed by atoms with Crippen LogP contribution < -0.4 is 5.32 Å². The lowest BCUT2D eigenvalue weighted by Crippen LogP contribution is -2.77. The molecule has 12 atom stereocenters. The molecule has 6 N–H and O–H groups in total. The lowest BCUT2D eigenvalue weighted by atomic mass is 9.39. The molecule has 9 heteroatoms. The maximum absolute atomic E-state index is 13.4. The minimum absolute atomic E-state index is 0.0807. The third-order valence-corrected chi connectivity index (χ3v) is 14.1. The number of benzene rings is 1. The molecule has 8 rings (SSSR count). The Bertz CT molecular complexity index is 1550. The molecule has 0 saturated heterocycles. The molecule has 1 aliphatic heterocycles. The molecule has 0 amide bonds. The fraction of sp³-hybridized carbons (Fsp3) is 0.676. The van der Waals surface area contributed by atoms with Crippen LogP contribution in [0.4, 0.5) is 0 Å². The van der Waals surface area contributed by atoms with Gasteiger partial charge >= 0.3 is 5.97 Å². The Morgan fingerprint density at radius 3 is 2.67 bits per heavy atom. The first-order chi connectivity index (χ1) is 22.0. The van der Waals surface area contributed by atoms with Crippen LogP contribution in [0.5, 0.6) is 0 Å². The van der Waals surface area contributed by atoms with E-state index in [0.717, 1.165) is 23.0 Å². The molecule has 9 nitrogen and oxygen atoms in total. The molecule has 46 heavy (non-hydrogen) atoms. The van der Waals surface area contributed by atoms with E-state index in [-0.39, 0.29) is 56.2 Å². The van der Waals surface area contributed by atoms with E-state index in [1.165, 1.54) is 0 Å². The number of ether oxygens (including phenoxy) is 1. The molecule has 4 bridgehead atoms. The summed E-state index contributed by atoms with van der Waals surface area (Å²) in [5, 5.41) is 62.3. The van der Waals surface area contributed by atoms with Gasteiger partial charge in [0, 0.05) is 47.8 Å². The standard InChI is InChI=1S/C37H45NO8/c39-20-34-11-8-25(41)19-35(34,43)13-14-36(44)29(34)9-12-33-10-4-3-6-22-5-1-2-7-23(22)16-28(38-21-40)26-15-24(18-37(33,36)45)31(33)27-17-30(42)46-32(26)27/h1-2,5,7,17,20,24-26,28-29,31-32,38,40-41,43-45H,4,8-16,18-19,21H2/t24-,25-,26-,28+,29+,31+,32-,33+,34-,35-,36-,37+/m0/s1.